The van der Waals surface area contributed by atoms with E-state index >= 15 is 0 Å². The van der Waals surface area contributed by atoms with Crippen LogP contribution in [0.15, 0.2) is 119 Å². The summed E-state index contributed by atoms with van der Waals surface area (Å²) in [6.45, 7) is 4.06. The first-order valence-corrected chi connectivity index (χ1v) is 11.4. The number of aryl methyl sites for hydroxylation is 2. The second kappa shape index (κ2) is 9.69. The van der Waals surface area contributed by atoms with Crippen molar-refractivity contribution >= 4 is 17.3 Å². The molecule has 170 valence electrons. The molecular formula is C30H24N4O. The van der Waals surface area contributed by atoms with Gasteiger partial charge in [0, 0.05) is 11.1 Å². The second-order valence-electron chi connectivity index (χ2n) is 8.39. The van der Waals surface area contributed by atoms with Crippen molar-refractivity contribution in [2.45, 2.75) is 13.8 Å². The van der Waals surface area contributed by atoms with Crippen molar-refractivity contribution in [3.8, 4) is 16.9 Å². The van der Waals surface area contributed by atoms with Gasteiger partial charge in [0.2, 0.25) is 5.82 Å². The summed E-state index contributed by atoms with van der Waals surface area (Å²) in [6, 6.07) is 34.8. The molecule has 0 radical (unpaired) electrons. The summed E-state index contributed by atoms with van der Waals surface area (Å²) in [7, 11) is 0. The van der Waals surface area contributed by atoms with E-state index in [1.165, 1.54) is 0 Å². The lowest BCUT2D eigenvalue weighted by molar-refractivity contribution is 0.104. The van der Waals surface area contributed by atoms with Crippen molar-refractivity contribution in [2.75, 3.05) is 0 Å². The summed E-state index contributed by atoms with van der Waals surface area (Å²) < 4.78 is 1.79. The van der Waals surface area contributed by atoms with Crippen molar-refractivity contribution in [1.82, 2.24) is 9.78 Å². The fraction of sp³-hybridized carbons (Fsp3) is 0.0667. The van der Waals surface area contributed by atoms with Gasteiger partial charge >= 0.3 is 0 Å². The van der Waals surface area contributed by atoms with Gasteiger partial charge in [0.25, 0.3) is 0 Å². The lowest BCUT2D eigenvalue weighted by Gasteiger charge is -2.10. The summed E-state index contributed by atoms with van der Waals surface area (Å²) in [4.78, 5) is 13.9. The van der Waals surface area contributed by atoms with Crippen LogP contribution in [0, 0.1) is 13.8 Å². The molecule has 0 spiro atoms. The molecule has 0 amide bonds. The predicted octanol–water partition coefficient (Wildman–Crippen LogP) is 7.80. The molecule has 0 unspecified atom stereocenters. The Hall–Kier alpha value is -4.64. The molecule has 0 aliphatic heterocycles. The highest BCUT2D eigenvalue weighted by molar-refractivity contribution is 6.15. The average molecular weight is 457 g/mol. The third kappa shape index (κ3) is 4.70. The maximum atomic E-state index is 13.9. The minimum Gasteiger partial charge on any atom is -0.288 e. The third-order valence-electron chi connectivity index (χ3n) is 5.75. The van der Waals surface area contributed by atoms with Gasteiger partial charge in [0.15, 0.2) is 5.78 Å². The van der Waals surface area contributed by atoms with E-state index in [0.29, 0.717) is 22.5 Å². The molecule has 0 aliphatic rings. The molecule has 0 N–H and O–H groups in total. The van der Waals surface area contributed by atoms with Crippen LogP contribution >= 0.6 is 0 Å². The van der Waals surface area contributed by atoms with E-state index in [4.69, 9.17) is 5.10 Å². The minimum atomic E-state index is -0.152. The molecule has 35 heavy (non-hydrogen) atoms. The maximum Gasteiger partial charge on any atom is 0.208 e. The van der Waals surface area contributed by atoms with Crippen molar-refractivity contribution in [3.05, 3.63) is 131 Å². The van der Waals surface area contributed by atoms with Gasteiger partial charge in [-0.25, -0.2) is 4.68 Å². The molecule has 1 aromatic heterocycles. The van der Waals surface area contributed by atoms with Crippen LogP contribution in [0.4, 0.5) is 11.5 Å². The molecule has 0 bridgehead atoms. The molecule has 5 heteroatoms. The molecular weight excluding hydrogens is 432 g/mol. The van der Waals surface area contributed by atoms with Gasteiger partial charge < -0.3 is 0 Å². The molecule has 5 rings (SSSR count). The minimum absolute atomic E-state index is 0.152. The Morgan fingerprint density at radius 1 is 0.686 bits per heavy atom. The van der Waals surface area contributed by atoms with Gasteiger partial charge in [-0.05, 0) is 38.1 Å². The normalized spacial score (nSPS) is 11.1. The Labute approximate surface area is 204 Å². The lowest BCUT2D eigenvalue weighted by atomic mass is 9.99. The zero-order chi connectivity index (χ0) is 24.2. The summed E-state index contributed by atoms with van der Waals surface area (Å²) in [5, 5.41) is 13.7. The van der Waals surface area contributed by atoms with Crippen LogP contribution in [0.2, 0.25) is 0 Å². The fourth-order valence-corrected chi connectivity index (χ4v) is 3.87. The number of hydrogen-bond donors (Lipinski definition) is 0. The monoisotopic (exact) mass is 456 g/mol. The summed E-state index contributed by atoms with van der Waals surface area (Å²) in [6.07, 6.45) is 0. The first-order valence-electron chi connectivity index (χ1n) is 11.4. The molecule has 5 nitrogen and oxygen atoms in total. The van der Waals surface area contributed by atoms with E-state index in [0.717, 1.165) is 22.4 Å². The number of carbonyl (C=O) groups excluding carboxylic acids is 1. The smallest absolute Gasteiger partial charge is 0.208 e. The number of hydrogen-bond acceptors (Lipinski definition) is 4. The number of carbonyl (C=O) groups is 1. The van der Waals surface area contributed by atoms with Gasteiger partial charge in [-0.15, -0.1) is 15.3 Å². The van der Waals surface area contributed by atoms with Crippen LogP contribution in [0.25, 0.3) is 16.9 Å². The van der Waals surface area contributed by atoms with E-state index in [1.807, 2.05) is 111 Å². The molecule has 5 aromatic rings. The average Bonchev–Trinajstić information content (AvgIpc) is 3.29. The van der Waals surface area contributed by atoms with Crippen LogP contribution in [0.3, 0.4) is 0 Å². The van der Waals surface area contributed by atoms with Gasteiger partial charge in [-0.2, -0.15) is 0 Å². The Bertz CT molecular complexity index is 1480. The topological polar surface area (TPSA) is 59.6 Å². The van der Waals surface area contributed by atoms with Crippen molar-refractivity contribution in [1.29, 1.82) is 0 Å². The van der Waals surface area contributed by atoms with Crippen LogP contribution in [0.5, 0.6) is 0 Å². The van der Waals surface area contributed by atoms with Gasteiger partial charge in [-0.3, -0.25) is 4.79 Å². The van der Waals surface area contributed by atoms with Gasteiger partial charge in [0.05, 0.1) is 22.6 Å². The van der Waals surface area contributed by atoms with E-state index in [1.54, 1.807) is 16.8 Å². The maximum absolute atomic E-state index is 13.9. The summed E-state index contributed by atoms with van der Waals surface area (Å²) in [5.41, 5.74) is 6.35. The van der Waals surface area contributed by atoms with Crippen molar-refractivity contribution in [3.63, 3.8) is 0 Å². The van der Waals surface area contributed by atoms with E-state index in [-0.39, 0.29) is 11.6 Å². The molecule has 0 atom stereocenters. The molecule has 4 aromatic carbocycles. The summed E-state index contributed by atoms with van der Waals surface area (Å²) in [5.74, 6) is 0.125. The van der Waals surface area contributed by atoms with Crippen LogP contribution in [-0.4, -0.2) is 15.6 Å². The SMILES string of the molecule is Cc1ccc(N=Nc2nn(-c3ccc(C)cc3)c(-c3ccccc3)c2C(=O)c2ccccc2)cc1. The molecule has 0 fully saturated rings. The number of aromatic nitrogens is 2. The lowest BCUT2D eigenvalue weighted by Crippen LogP contribution is -2.05. The number of rotatable bonds is 6. The quantitative estimate of drug-likeness (QED) is 0.193. The van der Waals surface area contributed by atoms with E-state index in [2.05, 4.69) is 10.2 Å². The molecule has 0 saturated carbocycles. The first-order chi connectivity index (χ1) is 17.1. The number of benzene rings is 4. The highest BCUT2D eigenvalue weighted by Gasteiger charge is 2.27. The zero-order valence-electron chi connectivity index (χ0n) is 19.6. The number of ketones is 1. The molecule has 0 saturated heterocycles. The predicted molar refractivity (Wildman–Crippen MR) is 139 cm³/mol. The van der Waals surface area contributed by atoms with Crippen LogP contribution in [-0.2, 0) is 0 Å². The fourth-order valence-electron chi connectivity index (χ4n) is 3.87. The highest BCUT2D eigenvalue weighted by atomic mass is 16.1. The Balaban J connectivity index is 1.75. The van der Waals surface area contributed by atoms with E-state index < -0.39 is 0 Å². The Morgan fingerprint density at radius 3 is 1.89 bits per heavy atom. The van der Waals surface area contributed by atoms with Crippen LogP contribution in [0.1, 0.15) is 27.0 Å². The molecule has 1 heterocycles. The Kier molecular flexibility index (Phi) is 6.14. The largest absolute Gasteiger partial charge is 0.288 e. The number of nitrogens with zero attached hydrogens (tertiary/aromatic N) is 4. The number of azo groups is 1. The Morgan fingerprint density at radius 2 is 1.26 bits per heavy atom. The summed E-state index contributed by atoms with van der Waals surface area (Å²) >= 11 is 0. The van der Waals surface area contributed by atoms with Gasteiger partial charge in [0.1, 0.15) is 0 Å². The van der Waals surface area contributed by atoms with Crippen molar-refractivity contribution < 1.29 is 4.79 Å². The van der Waals surface area contributed by atoms with Gasteiger partial charge in [-0.1, -0.05) is 96.1 Å². The third-order valence-corrected chi connectivity index (χ3v) is 5.75. The van der Waals surface area contributed by atoms with Crippen LogP contribution < -0.4 is 0 Å². The first kappa shape index (κ1) is 22.2. The highest BCUT2D eigenvalue weighted by Crippen LogP contribution is 2.36. The molecule has 0 aliphatic carbocycles. The standard InChI is InChI=1S/C30H24N4O/c1-21-13-17-25(18-14-21)31-32-30-27(29(35)24-11-7-4-8-12-24)28(23-9-5-3-6-10-23)34(33-30)26-19-15-22(2)16-20-26/h3-20H,1-2H3. The zero-order valence-corrected chi connectivity index (χ0v) is 19.6. The van der Waals surface area contributed by atoms with Crippen molar-refractivity contribution in [2.24, 2.45) is 10.2 Å². The van der Waals surface area contributed by atoms with E-state index in [9.17, 15) is 4.79 Å². The second-order valence-corrected chi connectivity index (χ2v) is 8.39.